The molecule has 0 atom stereocenters. The van der Waals surface area contributed by atoms with Crippen molar-refractivity contribution in [2.24, 2.45) is 0 Å². The van der Waals surface area contributed by atoms with Crippen molar-refractivity contribution in [1.82, 2.24) is 0 Å². The molecule has 0 amide bonds. The normalized spacial score (nSPS) is 25.1. The first-order valence-corrected chi connectivity index (χ1v) is 16.5. The Morgan fingerprint density at radius 1 is 0.452 bits per heavy atom. The first kappa shape index (κ1) is 26.1. The van der Waals surface area contributed by atoms with Crippen LogP contribution in [0, 0.1) is 0 Å². The van der Waals surface area contributed by atoms with Gasteiger partial charge >= 0.3 is 8.80 Å². The Labute approximate surface area is 199 Å². The predicted molar refractivity (Wildman–Crippen MR) is 136 cm³/mol. The smallest absolute Gasteiger partial charge is 0.370 e. The van der Waals surface area contributed by atoms with Gasteiger partial charge in [-0.15, -0.1) is 0 Å². The van der Waals surface area contributed by atoms with Gasteiger partial charge in [-0.05, 0) is 44.3 Å². The minimum absolute atomic E-state index is 0.328. The second-order valence-electron chi connectivity index (χ2n) is 10.4. The molecule has 3 rings (SSSR count). The van der Waals surface area contributed by atoms with E-state index in [4.69, 9.17) is 13.3 Å². The lowest BCUT2D eigenvalue weighted by molar-refractivity contribution is -0.0338. The van der Waals surface area contributed by atoms with Crippen molar-refractivity contribution in [3.63, 3.8) is 0 Å². The molecule has 0 aromatic carbocycles. The van der Waals surface area contributed by atoms with Crippen LogP contribution in [0.25, 0.3) is 0 Å². The van der Waals surface area contributed by atoms with E-state index in [-0.39, 0.29) is 0 Å². The minimum Gasteiger partial charge on any atom is -0.370 e. The van der Waals surface area contributed by atoms with E-state index in [1.165, 1.54) is 135 Å². The fourth-order valence-corrected chi connectivity index (χ4v) is 9.61. The SMILES string of the molecule is SCC[Si](OC1CCCCCCC1)(OC1CCCCCCC1)OC1CCCCCCC1. The van der Waals surface area contributed by atoms with Gasteiger partial charge in [0.1, 0.15) is 0 Å². The number of rotatable bonds is 8. The van der Waals surface area contributed by atoms with E-state index in [1.807, 2.05) is 0 Å². The number of thiol groups is 1. The van der Waals surface area contributed by atoms with Crippen LogP contribution in [0.3, 0.4) is 0 Å². The van der Waals surface area contributed by atoms with E-state index in [2.05, 4.69) is 12.6 Å². The van der Waals surface area contributed by atoms with Crippen LogP contribution >= 0.6 is 12.6 Å². The van der Waals surface area contributed by atoms with E-state index < -0.39 is 8.80 Å². The van der Waals surface area contributed by atoms with Gasteiger partial charge in [-0.2, -0.15) is 12.6 Å². The van der Waals surface area contributed by atoms with E-state index in [0.717, 1.165) is 11.8 Å². The highest BCUT2D eigenvalue weighted by Gasteiger charge is 2.46. The molecule has 0 radical (unpaired) electrons. The molecule has 0 aromatic rings. The first-order chi connectivity index (χ1) is 15.3. The maximum absolute atomic E-state index is 7.05. The molecular weight excluding hydrogens is 420 g/mol. The van der Waals surface area contributed by atoms with Crippen LogP contribution in [-0.4, -0.2) is 32.9 Å². The third-order valence-electron chi connectivity index (χ3n) is 7.61. The van der Waals surface area contributed by atoms with Crippen LogP contribution in [-0.2, 0) is 13.3 Å². The molecule has 0 unspecified atom stereocenters. The average Bonchev–Trinajstić information content (AvgIpc) is 2.68. The molecule has 0 bridgehead atoms. The van der Waals surface area contributed by atoms with Crippen LogP contribution < -0.4 is 0 Å². The maximum atomic E-state index is 7.05. The van der Waals surface area contributed by atoms with Crippen molar-refractivity contribution < 1.29 is 13.3 Å². The van der Waals surface area contributed by atoms with Gasteiger partial charge in [-0.3, -0.25) is 0 Å². The Hall–Kier alpha value is 0.447. The van der Waals surface area contributed by atoms with Crippen molar-refractivity contribution >= 4 is 21.4 Å². The summed E-state index contributed by atoms with van der Waals surface area (Å²) in [7, 11) is -2.75. The van der Waals surface area contributed by atoms with Crippen LogP contribution in [0.5, 0.6) is 0 Å². The van der Waals surface area contributed by atoms with Crippen LogP contribution in [0.4, 0.5) is 0 Å². The third kappa shape index (κ3) is 10.1. The van der Waals surface area contributed by atoms with E-state index in [9.17, 15) is 0 Å². The zero-order chi connectivity index (χ0) is 21.6. The lowest BCUT2D eigenvalue weighted by Gasteiger charge is -2.39. The zero-order valence-corrected chi connectivity index (χ0v) is 22.1. The first-order valence-electron chi connectivity index (χ1n) is 13.9. The van der Waals surface area contributed by atoms with Gasteiger partial charge < -0.3 is 13.3 Å². The molecule has 5 heteroatoms. The molecule has 0 spiro atoms. The molecule has 182 valence electrons. The standard InChI is InChI=1S/C26H50O3SSi/c30-22-23-31(27-24-16-10-4-1-5-11-17-24,28-25-18-12-6-2-7-13-19-25)29-26-20-14-8-3-9-15-21-26/h24-26,30H,1-23H2. The molecule has 3 saturated carbocycles. The average molecular weight is 471 g/mol. The van der Waals surface area contributed by atoms with Crippen LogP contribution in [0.2, 0.25) is 6.04 Å². The second kappa shape index (κ2) is 15.4. The number of hydrogen-bond acceptors (Lipinski definition) is 4. The van der Waals surface area contributed by atoms with E-state index >= 15 is 0 Å². The lowest BCUT2D eigenvalue weighted by atomic mass is 9.99. The molecule has 31 heavy (non-hydrogen) atoms. The summed E-state index contributed by atoms with van der Waals surface area (Å²) in [6.45, 7) is 0. The van der Waals surface area contributed by atoms with Crippen molar-refractivity contribution in [3.05, 3.63) is 0 Å². The van der Waals surface area contributed by atoms with Crippen LogP contribution in [0.15, 0.2) is 0 Å². The van der Waals surface area contributed by atoms with Gasteiger partial charge in [0.05, 0.1) is 0 Å². The van der Waals surface area contributed by atoms with E-state index in [0.29, 0.717) is 18.3 Å². The molecule has 0 aromatic heterocycles. The van der Waals surface area contributed by atoms with Crippen molar-refractivity contribution in [2.75, 3.05) is 5.75 Å². The quantitative estimate of drug-likeness (QED) is 0.286. The monoisotopic (exact) mass is 470 g/mol. The second-order valence-corrected chi connectivity index (χ2v) is 13.4. The maximum Gasteiger partial charge on any atom is 0.502 e. The molecule has 3 aliphatic carbocycles. The largest absolute Gasteiger partial charge is 0.502 e. The summed E-state index contributed by atoms with van der Waals surface area (Å²) in [6, 6.07) is 0.875. The predicted octanol–water partition coefficient (Wildman–Crippen LogP) is 8.24. The molecule has 0 aliphatic heterocycles. The Morgan fingerprint density at radius 3 is 0.968 bits per heavy atom. The highest BCUT2D eigenvalue weighted by Crippen LogP contribution is 2.33. The van der Waals surface area contributed by atoms with E-state index in [1.54, 1.807) is 0 Å². The minimum atomic E-state index is -2.75. The fraction of sp³-hybridized carbons (Fsp3) is 1.00. The lowest BCUT2D eigenvalue weighted by Crippen LogP contribution is -2.53. The summed E-state index contributed by atoms with van der Waals surface area (Å²) >= 11 is 4.68. The fourth-order valence-electron chi connectivity index (χ4n) is 5.77. The summed E-state index contributed by atoms with van der Waals surface area (Å²) in [6.07, 6.45) is 28.2. The third-order valence-corrected chi connectivity index (χ3v) is 11.2. The topological polar surface area (TPSA) is 27.7 Å². The zero-order valence-electron chi connectivity index (χ0n) is 20.2. The Bertz CT molecular complexity index is 380. The highest BCUT2D eigenvalue weighted by molar-refractivity contribution is 7.80. The highest BCUT2D eigenvalue weighted by atomic mass is 32.1. The Morgan fingerprint density at radius 2 is 0.710 bits per heavy atom. The summed E-state index contributed by atoms with van der Waals surface area (Å²) < 4.78 is 21.2. The summed E-state index contributed by atoms with van der Waals surface area (Å²) in [5.74, 6) is 0.804. The Kier molecular flexibility index (Phi) is 12.9. The van der Waals surface area contributed by atoms with Crippen molar-refractivity contribution in [3.8, 4) is 0 Å². The van der Waals surface area contributed by atoms with Gasteiger partial charge in [0.2, 0.25) is 0 Å². The van der Waals surface area contributed by atoms with Gasteiger partial charge in [0.15, 0.2) is 0 Å². The number of hydrogen-bond donors (Lipinski definition) is 1. The van der Waals surface area contributed by atoms with Crippen molar-refractivity contribution in [2.45, 2.75) is 159 Å². The van der Waals surface area contributed by atoms with Crippen LogP contribution in [0.1, 0.15) is 135 Å². The van der Waals surface area contributed by atoms with Gasteiger partial charge in [-0.1, -0.05) is 96.3 Å². The molecule has 0 saturated heterocycles. The molecule has 3 aliphatic rings. The van der Waals surface area contributed by atoms with Gasteiger partial charge in [0, 0.05) is 24.4 Å². The summed E-state index contributed by atoms with van der Waals surface area (Å²) in [5.41, 5.74) is 0. The van der Waals surface area contributed by atoms with Gasteiger partial charge in [0.25, 0.3) is 0 Å². The molecule has 3 nitrogen and oxygen atoms in total. The Balaban J connectivity index is 1.73. The van der Waals surface area contributed by atoms with Gasteiger partial charge in [-0.25, -0.2) is 0 Å². The van der Waals surface area contributed by atoms with Crippen molar-refractivity contribution in [1.29, 1.82) is 0 Å². The molecular formula is C26H50O3SSi. The summed E-state index contributed by atoms with van der Waals surface area (Å²) in [4.78, 5) is 0. The molecule has 0 heterocycles. The molecule has 3 fully saturated rings. The molecule has 0 N–H and O–H groups in total. The summed E-state index contributed by atoms with van der Waals surface area (Å²) in [5, 5.41) is 0.